The zero-order valence-electron chi connectivity index (χ0n) is 19.5. The first-order chi connectivity index (χ1) is 15.9. The monoisotopic (exact) mass is 447 g/mol. The number of nitrogens with zero attached hydrogens (tertiary/aromatic N) is 4. The summed E-state index contributed by atoms with van der Waals surface area (Å²) in [6.07, 6.45) is 6.68. The highest BCUT2D eigenvalue weighted by Gasteiger charge is 2.33. The van der Waals surface area contributed by atoms with Crippen molar-refractivity contribution in [1.29, 1.82) is 0 Å². The first-order valence-electron chi connectivity index (χ1n) is 12.1. The van der Waals surface area contributed by atoms with Gasteiger partial charge in [-0.05, 0) is 63.1 Å². The van der Waals surface area contributed by atoms with Crippen molar-refractivity contribution in [3.63, 3.8) is 0 Å². The van der Waals surface area contributed by atoms with Crippen molar-refractivity contribution >= 4 is 16.9 Å². The highest BCUT2D eigenvalue weighted by molar-refractivity contribution is 5.81. The van der Waals surface area contributed by atoms with E-state index in [1.54, 1.807) is 11.6 Å². The molecule has 1 aliphatic carbocycles. The van der Waals surface area contributed by atoms with Gasteiger partial charge in [0.1, 0.15) is 5.82 Å². The quantitative estimate of drug-likeness (QED) is 0.666. The molecule has 0 unspecified atom stereocenters. The molecule has 1 amide bonds. The number of piperidine rings is 1. The van der Waals surface area contributed by atoms with Crippen LogP contribution in [-0.4, -0.2) is 44.1 Å². The minimum Gasteiger partial charge on any atom is -0.342 e. The van der Waals surface area contributed by atoms with Gasteiger partial charge in [-0.2, -0.15) is 0 Å². The van der Waals surface area contributed by atoms with E-state index in [0.717, 1.165) is 74.2 Å². The zero-order chi connectivity index (χ0) is 23.1. The van der Waals surface area contributed by atoms with Crippen molar-refractivity contribution in [1.82, 2.24) is 19.0 Å². The Labute approximate surface area is 194 Å². The maximum absolute atomic E-state index is 13.1. The Balaban J connectivity index is 1.44. The number of hydrogen-bond donors (Lipinski definition) is 1. The summed E-state index contributed by atoms with van der Waals surface area (Å²) in [5.74, 6) is 1.62. The largest absolute Gasteiger partial charge is 0.342 e. The van der Waals surface area contributed by atoms with E-state index in [9.17, 15) is 9.59 Å². The normalized spacial score (nSPS) is 23.4. The number of carbonyl (C=O) groups excluding carboxylic acids is 1. The average Bonchev–Trinajstić information content (AvgIpc) is 3.41. The number of nitrogens with two attached hydrogens (primary N) is 1. The molecule has 33 heavy (non-hydrogen) atoms. The van der Waals surface area contributed by atoms with Crippen molar-refractivity contribution in [3.05, 3.63) is 52.4 Å². The number of para-hydroxylation sites is 2. The van der Waals surface area contributed by atoms with Crippen LogP contribution in [0.15, 0.2) is 41.3 Å². The van der Waals surface area contributed by atoms with Gasteiger partial charge in [-0.3, -0.25) is 9.59 Å². The van der Waals surface area contributed by atoms with Gasteiger partial charge in [0.2, 0.25) is 5.91 Å². The van der Waals surface area contributed by atoms with Crippen molar-refractivity contribution < 1.29 is 4.79 Å². The molecule has 2 aliphatic rings. The van der Waals surface area contributed by atoms with Crippen molar-refractivity contribution in [2.24, 2.45) is 24.6 Å². The van der Waals surface area contributed by atoms with Crippen LogP contribution in [0.3, 0.4) is 0 Å². The number of pyridine rings is 1. The van der Waals surface area contributed by atoms with Gasteiger partial charge in [-0.1, -0.05) is 12.1 Å². The number of benzene rings is 1. The SMILES string of the molecule is Cc1cc(-c2nc3ccccc3n2C[C@@H]2CCCN(C(=O)[C@H]3CC[C@H](N)C3)C2)cn(C)c1=O. The molecule has 1 saturated heterocycles. The molecule has 1 aliphatic heterocycles. The number of aromatic nitrogens is 3. The van der Waals surface area contributed by atoms with E-state index in [2.05, 4.69) is 15.5 Å². The molecule has 3 heterocycles. The summed E-state index contributed by atoms with van der Waals surface area (Å²) in [5, 5.41) is 0. The average molecular weight is 448 g/mol. The van der Waals surface area contributed by atoms with Crippen LogP contribution in [0, 0.1) is 18.8 Å². The molecule has 1 saturated carbocycles. The minimum atomic E-state index is 0.00877. The van der Waals surface area contributed by atoms with Gasteiger partial charge < -0.3 is 19.8 Å². The number of likely N-dealkylation sites (tertiary alicyclic amines) is 1. The van der Waals surface area contributed by atoms with Crippen molar-refractivity contribution in [2.75, 3.05) is 13.1 Å². The third-order valence-corrected chi connectivity index (χ3v) is 7.37. The van der Waals surface area contributed by atoms with Gasteiger partial charge in [0.25, 0.3) is 5.56 Å². The molecule has 7 heteroatoms. The van der Waals surface area contributed by atoms with E-state index < -0.39 is 0 Å². The van der Waals surface area contributed by atoms with Crippen LogP contribution >= 0.6 is 0 Å². The zero-order valence-corrected chi connectivity index (χ0v) is 19.5. The molecule has 3 aromatic rings. The third-order valence-electron chi connectivity index (χ3n) is 7.37. The van der Waals surface area contributed by atoms with Gasteiger partial charge >= 0.3 is 0 Å². The number of rotatable bonds is 4. The summed E-state index contributed by atoms with van der Waals surface area (Å²) in [7, 11) is 1.78. The molecule has 0 radical (unpaired) electrons. The fraction of sp³-hybridized carbons (Fsp3) is 0.500. The lowest BCUT2D eigenvalue weighted by molar-refractivity contribution is -0.137. The van der Waals surface area contributed by atoms with Crippen LogP contribution in [0.25, 0.3) is 22.4 Å². The smallest absolute Gasteiger partial charge is 0.253 e. The summed E-state index contributed by atoms with van der Waals surface area (Å²) in [6.45, 7) is 4.27. The molecule has 3 atom stereocenters. The topological polar surface area (TPSA) is 86.2 Å². The molecule has 2 aromatic heterocycles. The molecular formula is C26H33N5O2. The summed E-state index contributed by atoms with van der Waals surface area (Å²) in [6, 6.07) is 10.3. The molecule has 7 nitrogen and oxygen atoms in total. The van der Waals surface area contributed by atoms with Crippen LogP contribution < -0.4 is 11.3 Å². The number of amides is 1. The molecule has 0 bridgehead atoms. The second-order valence-corrected chi connectivity index (χ2v) is 9.93. The molecule has 2 fully saturated rings. The van der Waals surface area contributed by atoms with Crippen LogP contribution in [0.2, 0.25) is 0 Å². The van der Waals surface area contributed by atoms with Gasteiger partial charge in [0.05, 0.1) is 11.0 Å². The summed E-state index contributed by atoms with van der Waals surface area (Å²) in [4.78, 5) is 32.4. The van der Waals surface area contributed by atoms with Crippen LogP contribution in [0.4, 0.5) is 0 Å². The first kappa shape index (κ1) is 21.9. The highest BCUT2D eigenvalue weighted by atomic mass is 16.2. The van der Waals surface area contributed by atoms with E-state index in [0.29, 0.717) is 11.5 Å². The summed E-state index contributed by atoms with van der Waals surface area (Å²) in [5.41, 5.74) is 9.75. The summed E-state index contributed by atoms with van der Waals surface area (Å²) >= 11 is 0. The van der Waals surface area contributed by atoms with Gasteiger partial charge in [-0.25, -0.2) is 4.98 Å². The number of aryl methyl sites for hydroxylation is 2. The Morgan fingerprint density at radius 1 is 1.21 bits per heavy atom. The fourth-order valence-corrected chi connectivity index (χ4v) is 5.65. The molecular weight excluding hydrogens is 414 g/mol. The first-order valence-corrected chi connectivity index (χ1v) is 12.1. The Bertz CT molecular complexity index is 1220. The number of imidazole rings is 1. The van der Waals surface area contributed by atoms with Crippen LogP contribution in [-0.2, 0) is 18.4 Å². The molecule has 0 spiro atoms. The third kappa shape index (κ3) is 4.22. The Morgan fingerprint density at radius 2 is 2.03 bits per heavy atom. The van der Waals surface area contributed by atoms with E-state index in [-0.39, 0.29) is 23.4 Å². The maximum atomic E-state index is 13.1. The Hall–Kier alpha value is -2.93. The highest BCUT2D eigenvalue weighted by Crippen LogP contribution is 2.31. The van der Waals surface area contributed by atoms with Gasteiger partial charge in [-0.15, -0.1) is 0 Å². The molecule has 174 valence electrons. The van der Waals surface area contributed by atoms with E-state index in [4.69, 9.17) is 10.7 Å². The number of carbonyl (C=O) groups is 1. The number of hydrogen-bond acceptors (Lipinski definition) is 4. The summed E-state index contributed by atoms with van der Waals surface area (Å²) < 4.78 is 3.90. The van der Waals surface area contributed by atoms with Crippen molar-refractivity contribution in [2.45, 2.75) is 51.6 Å². The van der Waals surface area contributed by atoms with Crippen molar-refractivity contribution in [3.8, 4) is 11.4 Å². The van der Waals surface area contributed by atoms with Gasteiger partial charge in [0, 0.05) is 56.0 Å². The van der Waals surface area contributed by atoms with Crippen LogP contribution in [0.5, 0.6) is 0 Å². The maximum Gasteiger partial charge on any atom is 0.253 e. The van der Waals surface area contributed by atoms with E-state index in [1.165, 1.54) is 0 Å². The Morgan fingerprint density at radius 3 is 2.79 bits per heavy atom. The van der Waals surface area contributed by atoms with Gasteiger partial charge in [0.15, 0.2) is 0 Å². The predicted octanol–water partition coefficient (Wildman–Crippen LogP) is 3.08. The second-order valence-electron chi connectivity index (χ2n) is 9.93. The number of fused-ring (bicyclic) bond motifs is 1. The fourth-order valence-electron chi connectivity index (χ4n) is 5.65. The second kappa shape index (κ2) is 8.78. The molecule has 5 rings (SSSR count). The Kier molecular flexibility index (Phi) is 5.83. The standard InChI is InChI=1S/C26H33N5O2/c1-17-12-20(16-29(2)25(17)32)24-28-22-7-3-4-8-23(22)31(24)15-18-6-5-11-30(14-18)26(33)19-9-10-21(27)13-19/h3-4,7-8,12,16,18-19,21H,5-6,9-11,13-15,27H2,1-2H3/t18-,19+,21+/m1/s1. The van der Waals surface area contributed by atoms with Crippen LogP contribution in [0.1, 0.15) is 37.7 Å². The van der Waals surface area contributed by atoms with E-state index in [1.807, 2.05) is 37.4 Å². The predicted molar refractivity (Wildman–Crippen MR) is 130 cm³/mol. The van der Waals surface area contributed by atoms with E-state index >= 15 is 0 Å². The molecule has 2 N–H and O–H groups in total. The molecule has 1 aromatic carbocycles. The lowest BCUT2D eigenvalue weighted by atomic mass is 9.95. The minimum absolute atomic E-state index is 0.00877. The lowest BCUT2D eigenvalue weighted by Crippen LogP contribution is -2.43. The lowest BCUT2D eigenvalue weighted by Gasteiger charge is -2.35.